The monoisotopic (exact) mass is 266 g/mol. The van der Waals surface area contributed by atoms with Crippen LogP contribution in [0.2, 0.25) is 0 Å². The zero-order valence-corrected chi connectivity index (χ0v) is 11.1. The Kier molecular flexibility index (Phi) is 2.95. The maximum Gasteiger partial charge on any atom is 0.240 e. The fraction of sp³-hybridized carbons (Fsp3) is 0.0667. The minimum Gasteiger partial charge on any atom is -0.236 e. The van der Waals surface area contributed by atoms with Crippen molar-refractivity contribution < 1.29 is 4.79 Å². The summed E-state index contributed by atoms with van der Waals surface area (Å²) < 4.78 is 1.17. The van der Waals surface area contributed by atoms with Gasteiger partial charge in [0, 0.05) is 5.56 Å². The number of aliphatic imine (C=N–C) groups is 1. The molecule has 0 amide bonds. The highest BCUT2D eigenvalue weighted by molar-refractivity contribution is 7.21. The minimum absolute atomic E-state index is 0.653. The number of benzene rings is 2. The van der Waals surface area contributed by atoms with E-state index in [4.69, 9.17) is 0 Å². The van der Waals surface area contributed by atoms with Crippen LogP contribution in [0.5, 0.6) is 0 Å². The second kappa shape index (κ2) is 4.76. The van der Waals surface area contributed by atoms with Crippen molar-refractivity contribution in [2.24, 2.45) is 4.99 Å². The Labute approximate surface area is 114 Å². The van der Waals surface area contributed by atoms with Crippen LogP contribution in [0, 0.1) is 6.92 Å². The quantitative estimate of drug-likeness (QED) is 0.514. The van der Waals surface area contributed by atoms with Gasteiger partial charge in [-0.15, -0.1) is 11.3 Å². The predicted molar refractivity (Wildman–Crippen MR) is 77.6 cm³/mol. The topological polar surface area (TPSA) is 42.3 Å². The first-order chi connectivity index (χ1) is 9.28. The number of hydrogen-bond donors (Lipinski definition) is 0. The predicted octanol–water partition coefficient (Wildman–Crippen LogP) is 4.24. The molecule has 0 fully saturated rings. The van der Waals surface area contributed by atoms with Gasteiger partial charge in [-0.05, 0) is 42.8 Å². The zero-order valence-electron chi connectivity index (χ0n) is 10.3. The molecule has 3 rings (SSSR count). The standard InChI is InChI=1S/C15H10N2OS/c1-10-8-11(6-7-12(10)16-9-18)15-17-13-4-2-3-5-14(13)19-15/h2-8H,1H3. The third-order valence-electron chi connectivity index (χ3n) is 2.90. The first-order valence-corrected chi connectivity index (χ1v) is 6.64. The summed E-state index contributed by atoms with van der Waals surface area (Å²) in [6, 6.07) is 13.8. The molecule has 0 saturated carbocycles. The first kappa shape index (κ1) is 11.8. The van der Waals surface area contributed by atoms with Gasteiger partial charge in [0.1, 0.15) is 5.01 Å². The molecule has 0 N–H and O–H groups in total. The van der Waals surface area contributed by atoms with Gasteiger partial charge in [0.2, 0.25) is 6.08 Å². The lowest BCUT2D eigenvalue weighted by molar-refractivity contribution is 0.565. The molecular formula is C15H10N2OS. The summed E-state index contributed by atoms with van der Waals surface area (Å²) in [5.74, 6) is 0. The van der Waals surface area contributed by atoms with Crippen molar-refractivity contribution >= 4 is 33.3 Å². The number of aromatic nitrogens is 1. The first-order valence-electron chi connectivity index (χ1n) is 5.82. The lowest BCUT2D eigenvalue weighted by Crippen LogP contribution is -1.79. The molecular weight excluding hydrogens is 256 g/mol. The van der Waals surface area contributed by atoms with E-state index in [0.717, 1.165) is 21.7 Å². The van der Waals surface area contributed by atoms with Gasteiger partial charge in [0.25, 0.3) is 0 Å². The molecule has 0 bridgehead atoms. The number of hydrogen-bond acceptors (Lipinski definition) is 4. The molecule has 0 spiro atoms. The van der Waals surface area contributed by atoms with Crippen LogP contribution in [0.1, 0.15) is 5.56 Å². The Balaban J connectivity index is 2.11. The summed E-state index contributed by atoms with van der Waals surface area (Å²) in [5, 5.41) is 0.978. The van der Waals surface area contributed by atoms with E-state index in [9.17, 15) is 4.79 Å². The fourth-order valence-electron chi connectivity index (χ4n) is 1.96. The molecule has 19 heavy (non-hydrogen) atoms. The molecule has 0 aliphatic rings. The Morgan fingerprint density at radius 3 is 2.79 bits per heavy atom. The highest BCUT2D eigenvalue weighted by Crippen LogP contribution is 2.32. The van der Waals surface area contributed by atoms with Crippen molar-refractivity contribution in [3.63, 3.8) is 0 Å². The van der Waals surface area contributed by atoms with E-state index in [1.807, 2.05) is 43.3 Å². The number of nitrogens with zero attached hydrogens (tertiary/aromatic N) is 2. The summed E-state index contributed by atoms with van der Waals surface area (Å²) >= 11 is 1.66. The second-order valence-electron chi connectivity index (χ2n) is 4.19. The maximum absolute atomic E-state index is 10.3. The summed E-state index contributed by atoms with van der Waals surface area (Å²) in [6.45, 7) is 1.92. The molecule has 0 aliphatic carbocycles. The maximum atomic E-state index is 10.3. The number of isocyanates is 1. The van der Waals surface area contributed by atoms with Gasteiger partial charge in [-0.1, -0.05) is 12.1 Å². The van der Waals surface area contributed by atoms with E-state index in [2.05, 4.69) is 16.0 Å². The van der Waals surface area contributed by atoms with Gasteiger partial charge in [-0.2, -0.15) is 4.99 Å². The van der Waals surface area contributed by atoms with Crippen molar-refractivity contribution in [3.05, 3.63) is 48.0 Å². The summed E-state index contributed by atoms with van der Waals surface area (Å²) in [6.07, 6.45) is 1.57. The zero-order chi connectivity index (χ0) is 13.2. The van der Waals surface area contributed by atoms with Gasteiger partial charge in [0.15, 0.2) is 0 Å². The second-order valence-corrected chi connectivity index (χ2v) is 5.22. The van der Waals surface area contributed by atoms with Crippen molar-refractivity contribution in [3.8, 4) is 10.6 Å². The van der Waals surface area contributed by atoms with E-state index in [1.54, 1.807) is 17.4 Å². The van der Waals surface area contributed by atoms with Crippen LogP contribution < -0.4 is 0 Å². The Morgan fingerprint density at radius 1 is 1.21 bits per heavy atom. The number of carbonyl (C=O) groups excluding carboxylic acids is 1. The largest absolute Gasteiger partial charge is 0.240 e. The molecule has 0 atom stereocenters. The molecule has 0 unspecified atom stereocenters. The summed E-state index contributed by atoms with van der Waals surface area (Å²) in [7, 11) is 0. The minimum atomic E-state index is 0.653. The molecule has 2 aromatic carbocycles. The molecule has 0 aliphatic heterocycles. The van der Waals surface area contributed by atoms with Crippen LogP contribution >= 0.6 is 11.3 Å². The fourth-order valence-corrected chi connectivity index (χ4v) is 2.92. The van der Waals surface area contributed by atoms with Crippen molar-refractivity contribution in [1.29, 1.82) is 0 Å². The lowest BCUT2D eigenvalue weighted by Gasteiger charge is -2.00. The molecule has 4 heteroatoms. The van der Waals surface area contributed by atoms with Crippen molar-refractivity contribution in [2.75, 3.05) is 0 Å². The van der Waals surface area contributed by atoms with E-state index in [0.29, 0.717) is 5.69 Å². The molecule has 0 radical (unpaired) electrons. The van der Waals surface area contributed by atoms with Crippen molar-refractivity contribution in [2.45, 2.75) is 6.92 Å². The van der Waals surface area contributed by atoms with Gasteiger partial charge < -0.3 is 0 Å². The van der Waals surface area contributed by atoms with Crippen LogP contribution in [0.25, 0.3) is 20.8 Å². The average Bonchev–Trinajstić information content (AvgIpc) is 2.85. The summed E-state index contributed by atoms with van der Waals surface area (Å²) in [4.78, 5) is 18.6. The third-order valence-corrected chi connectivity index (χ3v) is 3.99. The highest BCUT2D eigenvalue weighted by atomic mass is 32.1. The van der Waals surface area contributed by atoms with Crippen molar-refractivity contribution in [1.82, 2.24) is 4.98 Å². The number of para-hydroxylation sites is 1. The lowest BCUT2D eigenvalue weighted by atomic mass is 10.1. The number of thiazole rings is 1. The normalized spacial score (nSPS) is 10.4. The van der Waals surface area contributed by atoms with Crippen LogP contribution in [0.15, 0.2) is 47.5 Å². The Hall–Kier alpha value is -2.29. The molecule has 1 heterocycles. The molecule has 92 valence electrons. The van der Waals surface area contributed by atoms with Gasteiger partial charge >= 0.3 is 0 Å². The van der Waals surface area contributed by atoms with E-state index < -0.39 is 0 Å². The molecule has 3 aromatic rings. The smallest absolute Gasteiger partial charge is 0.236 e. The van der Waals surface area contributed by atoms with Crippen LogP contribution in [0.3, 0.4) is 0 Å². The van der Waals surface area contributed by atoms with Gasteiger partial charge in [-0.25, -0.2) is 9.78 Å². The van der Waals surface area contributed by atoms with Crippen LogP contribution in [0.4, 0.5) is 5.69 Å². The number of fused-ring (bicyclic) bond motifs is 1. The van der Waals surface area contributed by atoms with E-state index >= 15 is 0 Å². The molecule has 0 saturated heterocycles. The van der Waals surface area contributed by atoms with E-state index in [-0.39, 0.29) is 0 Å². The average molecular weight is 266 g/mol. The molecule has 3 nitrogen and oxygen atoms in total. The molecule has 1 aromatic heterocycles. The Morgan fingerprint density at radius 2 is 2.05 bits per heavy atom. The van der Waals surface area contributed by atoms with E-state index in [1.165, 1.54) is 4.70 Å². The number of rotatable bonds is 2. The third kappa shape index (κ3) is 2.19. The Bertz CT molecular complexity index is 768. The van der Waals surface area contributed by atoms with Crippen LogP contribution in [-0.2, 0) is 4.79 Å². The van der Waals surface area contributed by atoms with Crippen LogP contribution in [-0.4, -0.2) is 11.1 Å². The van der Waals surface area contributed by atoms with Gasteiger partial charge in [-0.3, -0.25) is 0 Å². The SMILES string of the molecule is Cc1cc(-c2nc3ccccc3s2)ccc1N=C=O. The van der Waals surface area contributed by atoms with Gasteiger partial charge in [0.05, 0.1) is 15.9 Å². The highest BCUT2D eigenvalue weighted by Gasteiger charge is 2.07. The summed E-state index contributed by atoms with van der Waals surface area (Å²) in [5.41, 5.74) is 3.65. The number of aryl methyl sites for hydroxylation is 1.